The minimum atomic E-state index is 0.249. The van der Waals surface area contributed by atoms with Crippen LogP contribution in [-0.4, -0.2) is 36.6 Å². The van der Waals surface area contributed by atoms with Gasteiger partial charge < -0.3 is 10.2 Å². The van der Waals surface area contributed by atoms with Gasteiger partial charge in [-0.2, -0.15) is 0 Å². The normalized spacial score (nSPS) is 12.4. The third-order valence-corrected chi connectivity index (χ3v) is 2.55. The summed E-state index contributed by atoms with van der Waals surface area (Å²) in [6.45, 7) is 15.8. The van der Waals surface area contributed by atoms with Gasteiger partial charge in [0.05, 0.1) is 0 Å². The van der Waals surface area contributed by atoms with Crippen LogP contribution in [0.1, 0.15) is 47.5 Å². The summed E-state index contributed by atoms with van der Waals surface area (Å²) in [5, 5.41) is 3.52. The van der Waals surface area contributed by atoms with E-state index in [0.29, 0.717) is 0 Å². The predicted octanol–water partition coefficient (Wildman–Crippen LogP) is 2.50. The molecule has 0 spiro atoms. The van der Waals surface area contributed by atoms with Crippen molar-refractivity contribution in [1.82, 2.24) is 10.2 Å². The van der Waals surface area contributed by atoms with Crippen LogP contribution >= 0.6 is 0 Å². The minimum absolute atomic E-state index is 0.249. The molecule has 1 N–H and O–H groups in total. The van der Waals surface area contributed by atoms with Crippen molar-refractivity contribution >= 4 is 0 Å². The first-order valence-corrected chi connectivity index (χ1v) is 6.03. The average Bonchev–Trinajstić information content (AvgIpc) is 2.12. The van der Waals surface area contributed by atoms with Crippen LogP contribution < -0.4 is 5.32 Å². The number of rotatable bonds is 8. The zero-order valence-electron chi connectivity index (χ0n) is 10.7. The van der Waals surface area contributed by atoms with Crippen LogP contribution in [0.15, 0.2) is 0 Å². The first-order chi connectivity index (χ1) is 6.55. The third kappa shape index (κ3) is 6.39. The highest BCUT2D eigenvalue weighted by molar-refractivity contribution is 4.80. The zero-order chi connectivity index (χ0) is 11.0. The number of likely N-dealkylation sites (N-methyl/N-ethyl adjacent to an activating group) is 2. The topological polar surface area (TPSA) is 15.3 Å². The van der Waals surface area contributed by atoms with E-state index in [4.69, 9.17) is 0 Å². The Hall–Kier alpha value is -0.0800. The molecule has 0 radical (unpaired) electrons. The van der Waals surface area contributed by atoms with Crippen LogP contribution in [-0.2, 0) is 0 Å². The Morgan fingerprint density at radius 2 is 1.79 bits per heavy atom. The maximum Gasteiger partial charge on any atom is 0.0252 e. The van der Waals surface area contributed by atoms with Gasteiger partial charge in [-0.05, 0) is 39.9 Å². The molecule has 0 aromatic heterocycles. The van der Waals surface area contributed by atoms with Crippen molar-refractivity contribution in [2.45, 2.75) is 53.0 Å². The van der Waals surface area contributed by atoms with E-state index in [1.54, 1.807) is 0 Å². The molecule has 0 rings (SSSR count). The number of nitrogens with zero attached hydrogens (tertiary/aromatic N) is 1. The quantitative estimate of drug-likeness (QED) is 0.647. The second-order valence-electron chi connectivity index (χ2n) is 4.64. The zero-order valence-corrected chi connectivity index (χ0v) is 10.7. The summed E-state index contributed by atoms with van der Waals surface area (Å²) in [6.07, 6.45) is 2.61. The van der Waals surface area contributed by atoms with Gasteiger partial charge in [0.15, 0.2) is 0 Å². The summed E-state index contributed by atoms with van der Waals surface area (Å²) in [6, 6.07) is 0. The highest BCUT2D eigenvalue weighted by atomic mass is 15.2. The van der Waals surface area contributed by atoms with Crippen molar-refractivity contribution in [3.63, 3.8) is 0 Å². The van der Waals surface area contributed by atoms with E-state index in [0.717, 1.165) is 19.6 Å². The molecule has 0 aromatic carbocycles. The molecule has 2 heteroatoms. The molecule has 2 nitrogen and oxygen atoms in total. The molecule has 0 aliphatic carbocycles. The van der Waals surface area contributed by atoms with Gasteiger partial charge >= 0.3 is 0 Å². The fourth-order valence-corrected chi connectivity index (χ4v) is 1.82. The fourth-order valence-electron chi connectivity index (χ4n) is 1.82. The molecule has 0 fully saturated rings. The molecule has 0 saturated heterocycles. The smallest absolute Gasteiger partial charge is 0.0252 e. The van der Waals surface area contributed by atoms with Crippen molar-refractivity contribution in [2.24, 2.45) is 0 Å². The third-order valence-electron chi connectivity index (χ3n) is 2.55. The Labute approximate surface area is 90.1 Å². The SMILES string of the molecule is CCCCN(CC)CC(C)(C)NCC. The van der Waals surface area contributed by atoms with Gasteiger partial charge in [0, 0.05) is 12.1 Å². The van der Waals surface area contributed by atoms with Gasteiger partial charge in [-0.15, -0.1) is 0 Å². The molecule has 0 aliphatic rings. The summed E-state index contributed by atoms with van der Waals surface area (Å²) in [4.78, 5) is 2.53. The summed E-state index contributed by atoms with van der Waals surface area (Å²) >= 11 is 0. The van der Waals surface area contributed by atoms with Crippen molar-refractivity contribution in [1.29, 1.82) is 0 Å². The van der Waals surface area contributed by atoms with Crippen molar-refractivity contribution in [3.8, 4) is 0 Å². The van der Waals surface area contributed by atoms with Crippen LogP contribution in [0.5, 0.6) is 0 Å². The lowest BCUT2D eigenvalue weighted by molar-refractivity contribution is 0.208. The molecule has 0 bridgehead atoms. The Morgan fingerprint density at radius 3 is 2.21 bits per heavy atom. The second kappa shape index (κ2) is 7.24. The van der Waals surface area contributed by atoms with Crippen molar-refractivity contribution in [3.05, 3.63) is 0 Å². The van der Waals surface area contributed by atoms with Gasteiger partial charge in [-0.3, -0.25) is 0 Å². The van der Waals surface area contributed by atoms with Crippen molar-refractivity contribution < 1.29 is 0 Å². The van der Waals surface area contributed by atoms with Gasteiger partial charge in [-0.25, -0.2) is 0 Å². The van der Waals surface area contributed by atoms with E-state index < -0.39 is 0 Å². The standard InChI is InChI=1S/C12H28N2/c1-6-9-10-14(8-3)11-12(4,5)13-7-2/h13H,6-11H2,1-5H3. The number of hydrogen-bond donors (Lipinski definition) is 1. The van der Waals surface area contributed by atoms with E-state index >= 15 is 0 Å². The Bertz CT molecular complexity index is 132. The number of hydrogen-bond acceptors (Lipinski definition) is 2. The molecular formula is C12H28N2. The molecular weight excluding hydrogens is 172 g/mol. The van der Waals surface area contributed by atoms with Gasteiger partial charge in [0.1, 0.15) is 0 Å². The molecule has 0 unspecified atom stereocenters. The fraction of sp³-hybridized carbons (Fsp3) is 1.00. The molecule has 0 aliphatic heterocycles. The maximum atomic E-state index is 3.52. The largest absolute Gasteiger partial charge is 0.311 e. The molecule has 14 heavy (non-hydrogen) atoms. The number of unbranched alkanes of at least 4 members (excludes halogenated alkanes) is 1. The van der Waals surface area contributed by atoms with Crippen LogP contribution in [0.3, 0.4) is 0 Å². The minimum Gasteiger partial charge on any atom is -0.311 e. The van der Waals surface area contributed by atoms with Gasteiger partial charge in [0.2, 0.25) is 0 Å². The average molecular weight is 200 g/mol. The van der Waals surface area contributed by atoms with Crippen LogP contribution in [0.4, 0.5) is 0 Å². The lowest BCUT2D eigenvalue weighted by atomic mass is 10.0. The monoisotopic (exact) mass is 200 g/mol. The lowest BCUT2D eigenvalue weighted by Crippen LogP contribution is -2.49. The molecule has 0 atom stereocenters. The molecule has 0 saturated carbocycles. The molecule has 0 heterocycles. The van der Waals surface area contributed by atoms with Crippen LogP contribution in [0, 0.1) is 0 Å². The van der Waals surface area contributed by atoms with Gasteiger partial charge in [-0.1, -0.05) is 27.2 Å². The van der Waals surface area contributed by atoms with E-state index in [1.807, 2.05) is 0 Å². The highest BCUT2D eigenvalue weighted by Crippen LogP contribution is 2.06. The van der Waals surface area contributed by atoms with Crippen LogP contribution in [0.2, 0.25) is 0 Å². The first kappa shape index (κ1) is 13.9. The maximum absolute atomic E-state index is 3.52. The van der Waals surface area contributed by atoms with E-state index in [2.05, 4.69) is 44.8 Å². The summed E-state index contributed by atoms with van der Waals surface area (Å²) in [7, 11) is 0. The highest BCUT2D eigenvalue weighted by Gasteiger charge is 2.18. The predicted molar refractivity (Wildman–Crippen MR) is 64.8 cm³/mol. The van der Waals surface area contributed by atoms with E-state index in [-0.39, 0.29) is 5.54 Å². The summed E-state index contributed by atoms with van der Waals surface area (Å²) in [5.74, 6) is 0. The first-order valence-electron chi connectivity index (χ1n) is 6.03. The van der Waals surface area contributed by atoms with Gasteiger partial charge in [0.25, 0.3) is 0 Å². The molecule has 86 valence electrons. The Morgan fingerprint density at radius 1 is 1.14 bits per heavy atom. The van der Waals surface area contributed by atoms with E-state index in [9.17, 15) is 0 Å². The van der Waals surface area contributed by atoms with E-state index in [1.165, 1.54) is 19.4 Å². The lowest BCUT2D eigenvalue weighted by Gasteiger charge is -2.32. The summed E-state index contributed by atoms with van der Waals surface area (Å²) < 4.78 is 0. The Balaban J connectivity index is 3.89. The molecule has 0 amide bonds. The number of nitrogens with one attached hydrogen (secondary N) is 1. The second-order valence-corrected chi connectivity index (χ2v) is 4.64. The van der Waals surface area contributed by atoms with Crippen molar-refractivity contribution in [2.75, 3.05) is 26.2 Å². The molecule has 0 aromatic rings. The Kier molecular flexibility index (Phi) is 7.20. The van der Waals surface area contributed by atoms with Crippen LogP contribution in [0.25, 0.3) is 0 Å². The summed E-state index contributed by atoms with van der Waals surface area (Å²) in [5.41, 5.74) is 0.249.